The molecule has 0 unspecified atom stereocenters. The molecule has 0 atom stereocenters. The number of hydrogen-bond donors (Lipinski definition) is 1. The Labute approximate surface area is 190 Å². The smallest absolute Gasteiger partial charge is 0.0907 e. The largest absolute Gasteiger partial charge is 0.405 e. The van der Waals surface area contributed by atoms with Gasteiger partial charge in [-0.2, -0.15) is 0 Å². The standard InChI is InChI=1S/C27H42N4/c1-9-12-27(26(15-14-22(3)4)24(6)16-17-28)25(10-2)13-11-18-31(8)21-30-20-23(5)19-29-7/h10,14-17,19-20H,2,6-7,9,11-13,18,21,28H2,1,3-5,8H3/b17-16-,23-19-,26-15+,27-25+,30-20-. The zero-order chi connectivity index (χ0) is 23.6. The van der Waals surface area contributed by atoms with Crippen molar-refractivity contribution in [2.75, 3.05) is 20.3 Å². The second-order valence-corrected chi connectivity index (χ2v) is 7.86. The van der Waals surface area contributed by atoms with Gasteiger partial charge in [-0.25, -0.2) is 0 Å². The minimum Gasteiger partial charge on any atom is -0.405 e. The van der Waals surface area contributed by atoms with Crippen LogP contribution in [0.4, 0.5) is 0 Å². The van der Waals surface area contributed by atoms with Crippen LogP contribution in [0.5, 0.6) is 0 Å². The van der Waals surface area contributed by atoms with Crippen molar-refractivity contribution in [2.45, 2.75) is 53.4 Å². The molecule has 0 radical (unpaired) electrons. The Morgan fingerprint density at radius 3 is 2.39 bits per heavy atom. The first-order valence-electron chi connectivity index (χ1n) is 10.9. The Morgan fingerprint density at radius 2 is 1.84 bits per heavy atom. The second kappa shape index (κ2) is 17.0. The molecular weight excluding hydrogens is 380 g/mol. The maximum absolute atomic E-state index is 5.65. The van der Waals surface area contributed by atoms with Gasteiger partial charge in [0, 0.05) is 12.4 Å². The van der Waals surface area contributed by atoms with E-state index in [4.69, 9.17) is 5.73 Å². The third-order valence-corrected chi connectivity index (χ3v) is 4.58. The van der Waals surface area contributed by atoms with Gasteiger partial charge in [-0.05, 0) is 100 Å². The van der Waals surface area contributed by atoms with E-state index in [-0.39, 0.29) is 0 Å². The van der Waals surface area contributed by atoms with Gasteiger partial charge in [-0.1, -0.05) is 50.3 Å². The van der Waals surface area contributed by atoms with Crippen LogP contribution in [-0.4, -0.2) is 38.1 Å². The van der Waals surface area contributed by atoms with Crippen molar-refractivity contribution in [3.63, 3.8) is 0 Å². The monoisotopic (exact) mass is 422 g/mol. The van der Waals surface area contributed by atoms with Crippen LogP contribution in [0.3, 0.4) is 0 Å². The van der Waals surface area contributed by atoms with Gasteiger partial charge in [0.1, 0.15) is 0 Å². The van der Waals surface area contributed by atoms with Gasteiger partial charge in [0.15, 0.2) is 0 Å². The lowest BCUT2D eigenvalue weighted by atomic mass is 9.88. The second-order valence-electron chi connectivity index (χ2n) is 7.86. The highest BCUT2D eigenvalue weighted by atomic mass is 15.2. The summed E-state index contributed by atoms with van der Waals surface area (Å²) in [6, 6.07) is 0. The molecule has 0 bridgehead atoms. The van der Waals surface area contributed by atoms with Gasteiger partial charge in [0.25, 0.3) is 0 Å². The van der Waals surface area contributed by atoms with E-state index >= 15 is 0 Å². The highest BCUT2D eigenvalue weighted by Crippen LogP contribution is 2.29. The summed E-state index contributed by atoms with van der Waals surface area (Å²) in [5.74, 6) is 0. The highest BCUT2D eigenvalue weighted by Gasteiger charge is 2.11. The molecule has 0 rings (SSSR count). The lowest BCUT2D eigenvalue weighted by Gasteiger charge is -2.18. The van der Waals surface area contributed by atoms with Crippen LogP contribution in [0, 0.1) is 0 Å². The Morgan fingerprint density at radius 1 is 1.13 bits per heavy atom. The number of rotatable bonds is 15. The average molecular weight is 423 g/mol. The number of nitrogens with zero attached hydrogens (tertiary/aromatic N) is 3. The maximum atomic E-state index is 5.65. The van der Waals surface area contributed by atoms with Crippen molar-refractivity contribution in [1.82, 2.24) is 4.90 Å². The Bertz CT molecular complexity index is 769. The minimum atomic E-state index is 0.654. The van der Waals surface area contributed by atoms with E-state index in [1.54, 1.807) is 12.4 Å². The van der Waals surface area contributed by atoms with Gasteiger partial charge < -0.3 is 5.73 Å². The molecule has 0 heterocycles. The molecule has 2 N–H and O–H groups in total. The lowest BCUT2D eigenvalue weighted by Crippen LogP contribution is -2.20. The van der Waals surface area contributed by atoms with E-state index in [1.165, 1.54) is 16.7 Å². The normalized spacial score (nSPS) is 13.6. The summed E-state index contributed by atoms with van der Waals surface area (Å²) in [7, 11) is 2.08. The third-order valence-electron chi connectivity index (χ3n) is 4.58. The van der Waals surface area contributed by atoms with Crippen LogP contribution in [0.15, 0.2) is 93.3 Å². The zero-order valence-electron chi connectivity index (χ0n) is 20.3. The SMILES string of the molecule is C=C/C(CCCN(C)C/N=C\C(C)=C/N=C)=C(CCC)\C(=C\C=C(C)C)C(=C)/C=C\N. The van der Waals surface area contributed by atoms with Crippen molar-refractivity contribution >= 4 is 12.9 Å². The quantitative estimate of drug-likeness (QED) is 0.241. The van der Waals surface area contributed by atoms with Crippen LogP contribution in [0.1, 0.15) is 53.4 Å². The van der Waals surface area contributed by atoms with Crippen molar-refractivity contribution in [3.8, 4) is 0 Å². The molecule has 0 aliphatic heterocycles. The first kappa shape index (κ1) is 28.3. The minimum absolute atomic E-state index is 0.654. The third kappa shape index (κ3) is 12.5. The Kier molecular flexibility index (Phi) is 15.5. The van der Waals surface area contributed by atoms with Gasteiger partial charge >= 0.3 is 0 Å². The summed E-state index contributed by atoms with van der Waals surface area (Å²) in [5, 5.41) is 0. The molecule has 4 heteroatoms. The van der Waals surface area contributed by atoms with Crippen LogP contribution >= 0.6 is 0 Å². The zero-order valence-corrected chi connectivity index (χ0v) is 20.3. The number of allylic oxidation sites excluding steroid dienone is 10. The summed E-state index contributed by atoms with van der Waals surface area (Å²) in [6.45, 7) is 21.8. The number of nitrogens with two attached hydrogens (primary N) is 1. The molecule has 0 fully saturated rings. The average Bonchev–Trinajstić information content (AvgIpc) is 2.71. The first-order valence-corrected chi connectivity index (χ1v) is 10.9. The van der Waals surface area contributed by atoms with Crippen molar-refractivity contribution in [3.05, 3.63) is 83.3 Å². The first-order chi connectivity index (χ1) is 14.8. The van der Waals surface area contributed by atoms with E-state index in [2.05, 4.69) is 74.7 Å². The Balaban J connectivity index is 5.47. The number of aliphatic imine (C=N–C) groups is 2. The summed E-state index contributed by atoms with van der Waals surface area (Å²) >= 11 is 0. The van der Waals surface area contributed by atoms with E-state index in [0.29, 0.717) is 6.67 Å². The van der Waals surface area contributed by atoms with Crippen molar-refractivity contribution in [1.29, 1.82) is 0 Å². The van der Waals surface area contributed by atoms with Gasteiger partial charge in [-0.3, -0.25) is 14.9 Å². The fraction of sp³-hybridized carbons (Fsp3) is 0.407. The molecule has 0 aliphatic rings. The molecule has 31 heavy (non-hydrogen) atoms. The summed E-state index contributed by atoms with van der Waals surface area (Å²) in [5.41, 5.74) is 12.5. The summed E-state index contributed by atoms with van der Waals surface area (Å²) in [4.78, 5) is 10.4. The molecule has 0 saturated heterocycles. The fourth-order valence-electron chi connectivity index (χ4n) is 3.06. The molecular formula is C27H42N4. The number of hydrogen-bond acceptors (Lipinski definition) is 4. The van der Waals surface area contributed by atoms with Crippen LogP contribution in [0.2, 0.25) is 0 Å². The van der Waals surface area contributed by atoms with Gasteiger partial charge in [0.2, 0.25) is 0 Å². The predicted octanol–water partition coefficient (Wildman–Crippen LogP) is 6.54. The topological polar surface area (TPSA) is 54.0 Å². The maximum Gasteiger partial charge on any atom is 0.0907 e. The Hall–Kier alpha value is -2.72. The predicted molar refractivity (Wildman–Crippen MR) is 141 cm³/mol. The molecule has 0 saturated carbocycles. The molecule has 0 amide bonds. The van der Waals surface area contributed by atoms with Crippen LogP contribution in [0.25, 0.3) is 0 Å². The van der Waals surface area contributed by atoms with E-state index in [9.17, 15) is 0 Å². The highest BCUT2D eigenvalue weighted by molar-refractivity contribution is 5.77. The molecule has 0 aromatic heterocycles. The molecule has 4 nitrogen and oxygen atoms in total. The molecule has 0 aliphatic carbocycles. The van der Waals surface area contributed by atoms with E-state index in [1.807, 2.05) is 25.3 Å². The fourth-order valence-corrected chi connectivity index (χ4v) is 3.06. The van der Waals surface area contributed by atoms with Crippen LogP contribution in [-0.2, 0) is 0 Å². The van der Waals surface area contributed by atoms with Crippen molar-refractivity contribution in [2.24, 2.45) is 15.7 Å². The van der Waals surface area contributed by atoms with Crippen LogP contribution < -0.4 is 5.73 Å². The molecule has 0 aromatic carbocycles. The lowest BCUT2D eigenvalue weighted by molar-refractivity contribution is 0.341. The molecule has 0 spiro atoms. The van der Waals surface area contributed by atoms with Gasteiger partial charge in [-0.15, -0.1) is 0 Å². The van der Waals surface area contributed by atoms with E-state index < -0.39 is 0 Å². The van der Waals surface area contributed by atoms with E-state index in [0.717, 1.165) is 48.9 Å². The summed E-state index contributed by atoms with van der Waals surface area (Å²) < 4.78 is 0. The molecule has 0 aromatic rings. The summed E-state index contributed by atoms with van der Waals surface area (Å²) in [6.07, 6.45) is 17.2. The molecule has 170 valence electrons. The van der Waals surface area contributed by atoms with Gasteiger partial charge in [0.05, 0.1) is 6.67 Å². The van der Waals surface area contributed by atoms with Crippen molar-refractivity contribution < 1.29 is 0 Å².